The molecule has 3 heteroatoms. The van der Waals surface area contributed by atoms with Gasteiger partial charge in [0.25, 0.3) is 0 Å². The van der Waals surface area contributed by atoms with Gasteiger partial charge in [0.2, 0.25) is 0 Å². The minimum absolute atomic E-state index is 0.245. The Hall–Kier alpha value is -0.830. The third kappa shape index (κ3) is 4.98. The van der Waals surface area contributed by atoms with Crippen LogP contribution in [0.5, 0.6) is 0 Å². The predicted molar refractivity (Wildman–Crippen MR) is 62.3 cm³/mol. The van der Waals surface area contributed by atoms with Crippen LogP contribution in [0.1, 0.15) is 53.4 Å². The third-order valence-electron chi connectivity index (χ3n) is 2.32. The van der Waals surface area contributed by atoms with Gasteiger partial charge in [-0.05, 0) is 26.2 Å². The Morgan fingerprint density at radius 2 is 1.80 bits per heavy atom. The van der Waals surface area contributed by atoms with Crippen LogP contribution in [-0.4, -0.2) is 12.2 Å². The van der Waals surface area contributed by atoms with Gasteiger partial charge < -0.3 is 4.74 Å². The van der Waals surface area contributed by atoms with Crippen molar-refractivity contribution in [3.05, 3.63) is 11.1 Å². The molecule has 0 aromatic carbocycles. The Bertz CT molecular complexity index is 226. The quantitative estimate of drug-likeness (QED) is 0.419. The van der Waals surface area contributed by atoms with E-state index in [0.29, 0.717) is 0 Å². The summed E-state index contributed by atoms with van der Waals surface area (Å²) in [7, 11) is 0. The SMILES string of the molecule is CCCC(C(=O)OC(C)N)=C(CC)CC. The van der Waals surface area contributed by atoms with Crippen LogP contribution >= 0.6 is 0 Å². The molecule has 1 atom stereocenters. The average molecular weight is 213 g/mol. The Morgan fingerprint density at radius 1 is 1.27 bits per heavy atom. The highest BCUT2D eigenvalue weighted by molar-refractivity contribution is 5.89. The van der Waals surface area contributed by atoms with Gasteiger partial charge in [-0.2, -0.15) is 0 Å². The van der Waals surface area contributed by atoms with Gasteiger partial charge in [-0.25, -0.2) is 4.79 Å². The number of ether oxygens (including phenoxy) is 1. The predicted octanol–water partition coefficient (Wildman–Crippen LogP) is 2.75. The first kappa shape index (κ1) is 14.2. The maximum Gasteiger partial charge on any atom is 0.335 e. The van der Waals surface area contributed by atoms with E-state index in [0.717, 1.165) is 31.3 Å². The lowest BCUT2D eigenvalue weighted by atomic mass is 9.99. The first-order valence-electron chi connectivity index (χ1n) is 5.74. The second kappa shape index (κ2) is 7.46. The third-order valence-corrected chi connectivity index (χ3v) is 2.32. The van der Waals surface area contributed by atoms with Gasteiger partial charge in [0.05, 0.1) is 0 Å². The fraction of sp³-hybridized carbons (Fsp3) is 0.750. The lowest BCUT2D eigenvalue weighted by Crippen LogP contribution is -2.24. The van der Waals surface area contributed by atoms with Crippen LogP contribution in [-0.2, 0) is 9.53 Å². The molecule has 15 heavy (non-hydrogen) atoms. The molecule has 0 saturated carbocycles. The van der Waals surface area contributed by atoms with Crippen LogP contribution in [0.25, 0.3) is 0 Å². The Labute approximate surface area is 92.7 Å². The van der Waals surface area contributed by atoms with E-state index in [1.165, 1.54) is 5.57 Å². The first-order chi connectivity index (χ1) is 7.06. The van der Waals surface area contributed by atoms with E-state index in [2.05, 4.69) is 20.8 Å². The number of hydrogen-bond donors (Lipinski definition) is 1. The number of esters is 1. The standard InChI is InChI=1S/C12H23NO2/c1-5-8-11(10(6-2)7-3)12(14)15-9(4)13/h9H,5-8,13H2,1-4H3. The molecule has 0 spiro atoms. The molecular weight excluding hydrogens is 190 g/mol. The van der Waals surface area contributed by atoms with Gasteiger partial charge in [-0.3, -0.25) is 5.73 Å². The summed E-state index contributed by atoms with van der Waals surface area (Å²) < 4.78 is 5.03. The number of carbonyl (C=O) groups excluding carboxylic acids is 1. The monoisotopic (exact) mass is 213 g/mol. The highest BCUT2D eigenvalue weighted by Crippen LogP contribution is 2.19. The molecule has 2 N–H and O–H groups in total. The zero-order chi connectivity index (χ0) is 11.8. The molecule has 3 nitrogen and oxygen atoms in total. The van der Waals surface area contributed by atoms with E-state index in [9.17, 15) is 4.79 Å². The van der Waals surface area contributed by atoms with Gasteiger partial charge >= 0.3 is 5.97 Å². The lowest BCUT2D eigenvalue weighted by molar-refractivity contribution is -0.143. The number of nitrogens with two attached hydrogens (primary N) is 1. The van der Waals surface area contributed by atoms with Gasteiger partial charge in [0, 0.05) is 5.57 Å². The largest absolute Gasteiger partial charge is 0.444 e. The minimum Gasteiger partial charge on any atom is -0.444 e. The van der Waals surface area contributed by atoms with Crippen LogP contribution < -0.4 is 5.73 Å². The van der Waals surface area contributed by atoms with E-state index in [4.69, 9.17) is 10.5 Å². The molecular formula is C12H23NO2. The van der Waals surface area contributed by atoms with Gasteiger partial charge in [0.15, 0.2) is 0 Å². The van der Waals surface area contributed by atoms with Crippen LogP contribution in [0, 0.1) is 0 Å². The van der Waals surface area contributed by atoms with Crippen molar-refractivity contribution in [2.45, 2.75) is 59.6 Å². The van der Waals surface area contributed by atoms with E-state index in [1.54, 1.807) is 6.92 Å². The van der Waals surface area contributed by atoms with Crippen molar-refractivity contribution >= 4 is 5.97 Å². The van der Waals surface area contributed by atoms with Crippen LogP contribution in [0.15, 0.2) is 11.1 Å². The maximum absolute atomic E-state index is 11.7. The molecule has 0 rings (SSSR count). The van der Waals surface area contributed by atoms with Gasteiger partial charge in [-0.1, -0.05) is 32.8 Å². The smallest absolute Gasteiger partial charge is 0.335 e. The summed E-state index contributed by atoms with van der Waals surface area (Å²) in [6.45, 7) is 7.85. The van der Waals surface area contributed by atoms with Gasteiger partial charge in [0.1, 0.15) is 6.23 Å². The normalized spacial score (nSPS) is 12.1. The molecule has 0 bridgehead atoms. The molecule has 0 aliphatic carbocycles. The lowest BCUT2D eigenvalue weighted by Gasteiger charge is -2.13. The van der Waals surface area contributed by atoms with E-state index in [-0.39, 0.29) is 5.97 Å². The zero-order valence-electron chi connectivity index (χ0n) is 10.3. The topological polar surface area (TPSA) is 52.3 Å². The molecule has 88 valence electrons. The van der Waals surface area contributed by atoms with Crippen molar-refractivity contribution < 1.29 is 9.53 Å². The summed E-state index contributed by atoms with van der Waals surface area (Å²) in [5.41, 5.74) is 7.45. The summed E-state index contributed by atoms with van der Waals surface area (Å²) in [6.07, 6.45) is 3.01. The molecule has 0 aliphatic rings. The second-order valence-corrected chi connectivity index (χ2v) is 3.65. The molecule has 0 radical (unpaired) electrons. The molecule has 0 aromatic heterocycles. The summed E-state index contributed by atoms with van der Waals surface area (Å²) in [6, 6.07) is 0. The number of hydrogen-bond acceptors (Lipinski definition) is 3. The van der Waals surface area contributed by atoms with Gasteiger partial charge in [-0.15, -0.1) is 0 Å². The number of allylic oxidation sites excluding steroid dienone is 1. The summed E-state index contributed by atoms with van der Waals surface area (Å²) in [5, 5.41) is 0. The molecule has 0 saturated heterocycles. The first-order valence-corrected chi connectivity index (χ1v) is 5.74. The summed E-state index contributed by atoms with van der Waals surface area (Å²) >= 11 is 0. The zero-order valence-corrected chi connectivity index (χ0v) is 10.3. The average Bonchev–Trinajstić information content (AvgIpc) is 2.17. The fourth-order valence-electron chi connectivity index (χ4n) is 1.59. The molecule has 1 unspecified atom stereocenters. The highest BCUT2D eigenvalue weighted by Gasteiger charge is 2.15. The Balaban J connectivity index is 4.78. The minimum atomic E-state index is -0.528. The van der Waals surface area contributed by atoms with E-state index < -0.39 is 6.23 Å². The Morgan fingerprint density at radius 3 is 2.13 bits per heavy atom. The molecule has 0 fully saturated rings. The van der Waals surface area contributed by atoms with Crippen LogP contribution in [0.4, 0.5) is 0 Å². The molecule has 0 aliphatic heterocycles. The van der Waals surface area contributed by atoms with Crippen molar-refractivity contribution in [3.8, 4) is 0 Å². The number of carbonyl (C=O) groups is 1. The van der Waals surface area contributed by atoms with Crippen LogP contribution in [0.2, 0.25) is 0 Å². The highest BCUT2D eigenvalue weighted by atomic mass is 16.6. The maximum atomic E-state index is 11.7. The van der Waals surface area contributed by atoms with E-state index in [1.807, 2.05) is 0 Å². The van der Waals surface area contributed by atoms with Crippen molar-refractivity contribution in [3.63, 3.8) is 0 Å². The van der Waals surface area contributed by atoms with E-state index >= 15 is 0 Å². The van der Waals surface area contributed by atoms with Crippen molar-refractivity contribution in [2.75, 3.05) is 0 Å². The van der Waals surface area contributed by atoms with Crippen molar-refractivity contribution in [2.24, 2.45) is 5.73 Å². The fourth-order valence-corrected chi connectivity index (χ4v) is 1.59. The number of rotatable bonds is 6. The molecule has 0 amide bonds. The summed E-state index contributed by atoms with van der Waals surface area (Å²) in [5.74, 6) is -0.245. The summed E-state index contributed by atoms with van der Waals surface area (Å²) in [4.78, 5) is 11.7. The Kier molecular flexibility index (Phi) is 7.05. The second-order valence-electron chi connectivity index (χ2n) is 3.65. The van der Waals surface area contributed by atoms with Crippen molar-refractivity contribution in [1.29, 1.82) is 0 Å². The molecule has 0 heterocycles. The van der Waals surface area contributed by atoms with Crippen LogP contribution in [0.3, 0.4) is 0 Å². The van der Waals surface area contributed by atoms with Crippen molar-refractivity contribution in [1.82, 2.24) is 0 Å². The molecule has 0 aromatic rings.